The first kappa shape index (κ1) is 21.1. The molecule has 0 radical (unpaired) electrons. The molecule has 0 bridgehead atoms. The molecule has 7 nitrogen and oxygen atoms in total. The molecule has 0 atom stereocenters. The van der Waals surface area contributed by atoms with Crippen LogP contribution in [-0.2, 0) is 20.9 Å². The van der Waals surface area contributed by atoms with Gasteiger partial charge >= 0.3 is 0 Å². The normalized spacial score (nSPS) is 18.0. The second-order valence-corrected chi connectivity index (χ2v) is 8.20. The second kappa shape index (κ2) is 9.80. The van der Waals surface area contributed by atoms with Crippen molar-refractivity contribution in [2.75, 3.05) is 26.3 Å². The van der Waals surface area contributed by atoms with Gasteiger partial charge in [-0.1, -0.05) is 37.5 Å². The van der Waals surface area contributed by atoms with Gasteiger partial charge in [0.1, 0.15) is 18.2 Å². The molecule has 2 aliphatic rings. The van der Waals surface area contributed by atoms with Gasteiger partial charge in [-0.2, -0.15) is 5.26 Å². The SMILES string of the molecule is N#C/C(=C\c1cn(CC(=O)N2CCOCC2)c2ccccc12)C(=O)NC1CCCCC1. The molecule has 2 fully saturated rings. The van der Waals surface area contributed by atoms with E-state index in [2.05, 4.69) is 11.4 Å². The molecule has 2 amide bonds. The number of hydrogen-bond donors (Lipinski definition) is 1. The van der Waals surface area contributed by atoms with Gasteiger partial charge in [-0.25, -0.2) is 0 Å². The molecule has 1 saturated carbocycles. The van der Waals surface area contributed by atoms with E-state index in [1.54, 1.807) is 6.08 Å². The topological polar surface area (TPSA) is 87.4 Å². The van der Waals surface area contributed by atoms with Gasteiger partial charge in [0.15, 0.2) is 0 Å². The molecule has 1 aromatic carbocycles. The van der Waals surface area contributed by atoms with E-state index in [0.717, 1.165) is 42.1 Å². The lowest BCUT2D eigenvalue weighted by Gasteiger charge is -2.27. The van der Waals surface area contributed by atoms with Gasteiger partial charge in [-0.15, -0.1) is 0 Å². The molecule has 7 heteroatoms. The van der Waals surface area contributed by atoms with Gasteiger partial charge < -0.3 is 19.5 Å². The van der Waals surface area contributed by atoms with E-state index >= 15 is 0 Å². The molecule has 2 aromatic rings. The fourth-order valence-corrected chi connectivity index (χ4v) is 4.39. The Kier molecular flexibility index (Phi) is 6.68. The van der Waals surface area contributed by atoms with Crippen molar-refractivity contribution in [2.45, 2.75) is 44.7 Å². The molecule has 2 heterocycles. The number of carbonyl (C=O) groups is 2. The van der Waals surface area contributed by atoms with Crippen molar-refractivity contribution >= 4 is 28.8 Å². The number of ether oxygens (including phenoxy) is 1. The summed E-state index contributed by atoms with van der Waals surface area (Å²) in [5, 5.41) is 13.5. The van der Waals surface area contributed by atoms with Crippen molar-refractivity contribution in [3.8, 4) is 6.07 Å². The number of fused-ring (bicyclic) bond motifs is 1. The maximum Gasteiger partial charge on any atom is 0.262 e. The number of morpholine rings is 1. The number of nitrogens with one attached hydrogen (secondary N) is 1. The minimum atomic E-state index is -0.323. The molecule has 4 rings (SSSR count). The van der Waals surface area contributed by atoms with E-state index in [1.807, 2.05) is 39.9 Å². The first-order chi connectivity index (χ1) is 15.2. The predicted octanol–water partition coefficient (Wildman–Crippen LogP) is 2.86. The van der Waals surface area contributed by atoms with Crippen LogP contribution in [0.2, 0.25) is 0 Å². The molecular formula is C24H28N4O3. The number of rotatable bonds is 5. The summed E-state index contributed by atoms with van der Waals surface area (Å²) in [5.74, 6) is -0.286. The number of amides is 2. The Morgan fingerprint density at radius 3 is 2.65 bits per heavy atom. The number of nitriles is 1. The van der Waals surface area contributed by atoms with Gasteiger partial charge in [-0.3, -0.25) is 9.59 Å². The maximum absolute atomic E-state index is 12.7. The average molecular weight is 421 g/mol. The van der Waals surface area contributed by atoms with Crippen LogP contribution < -0.4 is 5.32 Å². The van der Waals surface area contributed by atoms with Crippen LogP contribution in [-0.4, -0.2) is 53.6 Å². The minimum Gasteiger partial charge on any atom is -0.378 e. The zero-order valence-electron chi connectivity index (χ0n) is 17.7. The first-order valence-corrected chi connectivity index (χ1v) is 11.0. The molecule has 1 aliphatic carbocycles. The summed E-state index contributed by atoms with van der Waals surface area (Å²) in [4.78, 5) is 27.3. The van der Waals surface area contributed by atoms with Crippen LogP contribution in [0.15, 0.2) is 36.0 Å². The number of benzene rings is 1. The molecule has 1 saturated heterocycles. The lowest BCUT2D eigenvalue weighted by molar-refractivity contribution is -0.135. The summed E-state index contributed by atoms with van der Waals surface area (Å²) in [7, 11) is 0. The van der Waals surface area contributed by atoms with Gasteiger partial charge in [0, 0.05) is 41.8 Å². The van der Waals surface area contributed by atoms with Crippen molar-refractivity contribution in [2.24, 2.45) is 0 Å². The second-order valence-electron chi connectivity index (χ2n) is 8.20. The Bertz CT molecular complexity index is 1020. The molecule has 0 unspecified atom stereocenters. The summed E-state index contributed by atoms with van der Waals surface area (Å²) < 4.78 is 7.23. The first-order valence-electron chi connectivity index (χ1n) is 11.0. The average Bonchev–Trinajstić information content (AvgIpc) is 3.15. The maximum atomic E-state index is 12.7. The highest BCUT2D eigenvalue weighted by Gasteiger charge is 2.20. The summed E-state index contributed by atoms with van der Waals surface area (Å²) in [6, 6.07) is 9.94. The Morgan fingerprint density at radius 2 is 1.90 bits per heavy atom. The Balaban J connectivity index is 1.57. The third-order valence-electron chi connectivity index (χ3n) is 6.09. The Hall–Kier alpha value is -3.11. The van der Waals surface area contributed by atoms with E-state index in [-0.39, 0.29) is 30.0 Å². The van der Waals surface area contributed by atoms with Crippen LogP contribution in [0.1, 0.15) is 37.7 Å². The van der Waals surface area contributed by atoms with Crippen LogP contribution >= 0.6 is 0 Å². The van der Waals surface area contributed by atoms with E-state index in [4.69, 9.17) is 4.74 Å². The summed E-state index contributed by atoms with van der Waals surface area (Å²) in [6.07, 6.45) is 8.85. The smallest absolute Gasteiger partial charge is 0.262 e. The van der Waals surface area contributed by atoms with Crippen molar-refractivity contribution in [1.29, 1.82) is 5.26 Å². The summed E-state index contributed by atoms with van der Waals surface area (Å²) >= 11 is 0. The standard InChI is InChI=1S/C24H28N4O3/c25-15-18(24(30)26-20-6-2-1-3-7-20)14-19-16-28(22-9-5-4-8-21(19)22)17-23(29)27-10-12-31-13-11-27/h4-5,8-9,14,16,20H,1-3,6-7,10-13,17H2,(H,26,30)/b18-14+. The van der Waals surface area contributed by atoms with Crippen molar-refractivity contribution in [3.63, 3.8) is 0 Å². The quantitative estimate of drug-likeness (QED) is 0.595. The fourth-order valence-electron chi connectivity index (χ4n) is 4.39. The molecule has 0 spiro atoms. The number of para-hydroxylation sites is 1. The lowest BCUT2D eigenvalue weighted by Crippen LogP contribution is -2.42. The van der Waals surface area contributed by atoms with Crippen molar-refractivity contribution in [1.82, 2.24) is 14.8 Å². The zero-order valence-corrected chi connectivity index (χ0v) is 17.7. The van der Waals surface area contributed by atoms with Crippen LogP contribution in [0.5, 0.6) is 0 Å². The largest absolute Gasteiger partial charge is 0.378 e. The molecular weight excluding hydrogens is 392 g/mol. The summed E-state index contributed by atoms with van der Waals surface area (Å²) in [5.41, 5.74) is 1.76. The van der Waals surface area contributed by atoms with Gasteiger partial charge in [0.2, 0.25) is 5.91 Å². The Labute approximate surface area is 182 Å². The third kappa shape index (κ3) is 4.97. The van der Waals surface area contributed by atoms with E-state index in [9.17, 15) is 14.9 Å². The predicted molar refractivity (Wildman–Crippen MR) is 118 cm³/mol. The van der Waals surface area contributed by atoms with Gasteiger partial charge in [-0.05, 0) is 25.0 Å². The Morgan fingerprint density at radius 1 is 1.16 bits per heavy atom. The highest BCUT2D eigenvalue weighted by atomic mass is 16.5. The van der Waals surface area contributed by atoms with Gasteiger partial charge in [0.25, 0.3) is 5.91 Å². The monoisotopic (exact) mass is 420 g/mol. The molecule has 31 heavy (non-hydrogen) atoms. The van der Waals surface area contributed by atoms with Crippen LogP contribution in [0, 0.1) is 11.3 Å². The highest BCUT2D eigenvalue weighted by molar-refractivity contribution is 6.04. The third-order valence-corrected chi connectivity index (χ3v) is 6.09. The fraction of sp³-hybridized carbons (Fsp3) is 0.458. The molecule has 1 aromatic heterocycles. The summed E-state index contributed by atoms with van der Waals surface area (Å²) in [6.45, 7) is 2.54. The highest BCUT2D eigenvalue weighted by Crippen LogP contribution is 2.24. The molecule has 1 aliphatic heterocycles. The molecule has 162 valence electrons. The minimum absolute atomic E-state index is 0.0372. The number of carbonyl (C=O) groups excluding carboxylic acids is 2. The number of aromatic nitrogens is 1. The van der Waals surface area contributed by atoms with Gasteiger partial charge in [0.05, 0.1) is 13.2 Å². The van der Waals surface area contributed by atoms with Crippen LogP contribution in [0.4, 0.5) is 0 Å². The lowest BCUT2D eigenvalue weighted by atomic mass is 9.95. The van der Waals surface area contributed by atoms with E-state index in [1.165, 1.54) is 6.42 Å². The van der Waals surface area contributed by atoms with E-state index < -0.39 is 0 Å². The van der Waals surface area contributed by atoms with Crippen molar-refractivity contribution < 1.29 is 14.3 Å². The number of hydrogen-bond acceptors (Lipinski definition) is 4. The van der Waals surface area contributed by atoms with Crippen LogP contribution in [0.25, 0.3) is 17.0 Å². The zero-order chi connectivity index (χ0) is 21.6. The number of nitrogens with zero attached hydrogens (tertiary/aromatic N) is 3. The molecule has 1 N–H and O–H groups in total. The van der Waals surface area contributed by atoms with E-state index in [0.29, 0.717) is 26.3 Å². The van der Waals surface area contributed by atoms with Crippen molar-refractivity contribution in [3.05, 3.63) is 41.6 Å². The van der Waals surface area contributed by atoms with Crippen LogP contribution in [0.3, 0.4) is 0 Å².